The summed E-state index contributed by atoms with van der Waals surface area (Å²) in [7, 11) is 0. The Balaban J connectivity index is 1.56. The number of nitrogens with one attached hydrogen (secondary N) is 2. The predicted octanol–water partition coefficient (Wildman–Crippen LogP) is 5.53. The third-order valence-electron chi connectivity index (χ3n) is 4.79. The average Bonchev–Trinajstić information content (AvgIpc) is 3.18. The van der Waals surface area contributed by atoms with Gasteiger partial charge in [0, 0.05) is 17.8 Å². The zero-order valence-corrected chi connectivity index (χ0v) is 17.5. The molecule has 4 aromatic rings. The van der Waals surface area contributed by atoms with E-state index in [0.717, 1.165) is 33.2 Å². The molecule has 0 saturated heterocycles. The van der Waals surface area contributed by atoms with Gasteiger partial charge in [-0.05, 0) is 18.1 Å². The van der Waals surface area contributed by atoms with Crippen LogP contribution in [0.1, 0.15) is 22.1 Å². The maximum Gasteiger partial charge on any atom is 0.238 e. The van der Waals surface area contributed by atoms with E-state index in [-0.39, 0.29) is 5.91 Å². The number of H-pyrrole nitrogens is 1. The van der Waals surface area contributed by atoms with Crippen LogP contribution in [0.5, 0.6) is 0 Å². The first-order valence-electron chi connectivity index (χ1n) is 9.86. The largest absolute Gasteiger partial charge is 0.351 e. The number of nitrogens with zero attached hydrogens (tertiary/aromatic N) is 1. The molecule has 0 fully saturated rings. The minimum absolute atomic E-state index is 0.0367. The zero-order chi connectivity index (χ0) is 20.8. The molecule has 1 amide bonds. The van der Waals surface area contributed by atoms with Crippen LogP contribution in [-0.4, -0.2) is 15.9 Å². The summed E-state index contributed by atoms with van der Waals surface area (Å²) >= 11 is 1.44. The van der Waals surface area contributed by atoms with Gasteiger partial charge in [-0.15, -0.1) is 0 Å². The van der Waals surface area contributed by atoms with E-state index in [2.05, 4.69) is 10.3 Å². The Morgan fingerprint density at radius 3 is 2.20 bits per heavy atom. The van der Waals surface area contributed by atoms with Gasteiger partial charge in [0.05, 0.1) is 5.69 Å². The second kappa shape index (κ2) is 9.46. The minimum atomic E-state index is -0.399. The van der Waals surface area contributed by atoms with Gasteiger partial charge in [0.2, 0.25) is 5.91 Å². The SMILES string of the molecule is Cc1[nH]c(S[C@H](C(=O)NCc2ccccc2)c2ccccc2)nc1-c1ccccc1. The molecule has 4 rings (SSSR count). The number of aromatic nitrogens is 2. The van der Waals surface area contributed by atoms with Gasteiger partial charge in [-0.3, -0.25) is 4.79 Å². The smallest absolute Gasteiger partial charge is 0.238 e. The van der Waals surface area contributed by atoms with Crippen molar-refractivity contribution in [3.63, 3.8) is 0 Å². The highest BCUT2D eigenvalue weighted by Crippen LogP contribution is 2.35. The summed E-state index contributed by atoms with van der Waals surface area (Å²) in [6, 6.07) is 29.8. The molecule has 0 aliphatic carbocycles. The molecule has 0 aliphatic rings. The van der Waals surface area contributed by atoms with Gasteiger partial charge >= 0.3 is 0 Å². The molecule has 5 heteroatoms. The number of aromatic amines is 1. The Labute approximate surface area is 180 Å². The van der Waals surface area contributed by atoms with Crippen molar-refractivity contribution in [2.45, 2.75) is 23.9 Å². The molecule has 1 atom stereocenters. The number of rotatable bonds is 7. The van der Waals surface area contributed by atoms with Crippen LogP contribution in [-0.2, 0) is 11.3 Å². The molecule has 0 radical (unpaired) electrons. The number of imidazole rings is 1. The second-order valence-electron chi connectivity index (χ2n) is 6.99. The van der Waals surface area contributed by atoms with E-state index in [4.69, 9.17) is 4.98 Å². The van der Waals surface area contributed by atoms with Crippen LogP contribution in [0, 0.1) is 6.92 Å². The molecule has 4 nitrogen and oxygen atoms in total. The van der Waals surface area contributed by atoms with E-state index in [0.29, 0.717) is 6.54 Å². The number of carbonyl (C=O) groups is 1. The molecule has 0 spiro atoms. The molecule has 0 aliphatic heterocycles. The van der Waals surface area contributed by atoms with Gasteiger partial charge in [-0.1, -0.05) is 103 Å². The average molecular weight is 414 g/mol. The number of amides is 1. The van der Waals surface area contributed by atoms with Gasteiger partial charge in [-0.25, -0.2) is 4.98 Å². The lowest BCUT2D eigenvalue weighted by atomic mass is 10.1. The summed E-state index contributed by atoms with van der Waals surface area (Å²) in [5.74, 6) is -0.0367. The topological polar surface area (TPSA) is 57.8 Å². The summed E-state index contributed by atoms with van der Waals surface area (Å²) in [5.41, 5.74) is 4.98. The van der Waals surface area contributed by atoms with Crippen LogP contribution < -0.4 is 5.32 Å². The number of hydrogen-bond acceptors (Lipinski definition) is 3. The van der Waals surface area contributed by atoms with Gasteiger partial charge in [0.15, 0.2) is 5.16 Å². The Kier molecular flexibility index (Phi) is 6.30. The third-order valence-corrected chi connectivity index (χ3v) is 5.93. The quantitative estimate of drug-likeness (QED) is 0.391. The lowest BCUT2D eigenvalue weighted by molar-refractivity contribution is -0.120. The van der Waals surface area contributed by atoms with Crippen molar-refractivity contribution < 1.29 is 4.79 Å². The molecular weight excluding hydrogens is 390 g/mol. The van der Waals surface area contributed by atoms with Gasteiger partial charge < -0.3 is 10.3 Å². The highest BCUT2D eigenvalue weighted by atomic mass is 32.2. The summed E-state index contributed by atoms with van der Waals surface area (Å²) in [6.07, 6.45) is 0. The monoisotopic (exact) mass is 413 g/mol. The van der Waals surface area contributed by atoms with Crippen LogP contribution >= 0.6 is 11.8 Å². The lowest BCUT2D eigenvalue weighted by Gasteiger charge is -2.16. The van der Waals surface area contributed by atoms with Crippen LogP contribution in [0.25, 0.3) is 11.3 Å². The van der Waals surface area contributed by atoms with E-state index in [1.165, 1.54) is 11.8 Å². The fraction of sp³-hybridized carbons (Fsp3) is 0.120. The van der Waals surface area contributed by atoms with Crippen molar-refractivity contribution in [2.75, 3.05) is 0 Å². The molecule has 0 unspecified atom stereocenters. The summed E-state index contributed by atoms with van der Waals surface area (Å²) < 4.78 is 0. The van der Waals surface area contributed by atoms with E-state index < -0.39 is 5.25 Å². The number of aryl methyl sites for hydroxylation is 1. The second-order valence-corrected chi connectivity index (χ2v) is 8.09. The molecule has 3 aromatic carbocycles. The molecule has 0 bridgehead atoms. The summed E-state index contributed by atoms with van der Waals surface area (Å²) in [5, 5.41) is 3.40. The Hall–Kier alpha value is -3.31. The zero-order valence-electron chi connectivity index (χ0n) is 16.7. The van der Waals surface area contributed by atoms with Gasteiger partial charge in [0.25, 0.3) is 0 Å². The van der Waals surface area contributed by atoms with Crippen LogP contribution in [0.3, 0.4) is 0 Å². The van der Waals surface area contributed by atoms with Gasteiger partial charge in [-0.2, -0.15) is 0 Å². The summed E-state index contributed by atoms with van der Waals surface area (Å²) in [4.78, 5) is 21.2. The molecule has 2 N–H and O–H groups in total. The number of hydrogen-bond donors (Lipinski definition) is 2. The Morgan fingerprint density at radius 1 is 0.933 bits per heavy atom. The molecule has 0 saturated carbocycles. The fourth-order valence-electron chi connectivity index (χ4n) is 3.26. The number of carbonyl (C=O) groups excluding carboxylic acids is 1. The molecular formula is C25H23N3OS. The van der Waals surface area contributed by atoms with Crippen molar-refractivity contribution in [1.29, 1.82) is 0 Å². The highest BCUT2D eigenvalue weighted by molar-refractivity contribution is 8.00. The minimum Gasteiger partial charge on any atom is -0.351 e. The van der Waals surface area contributed by atoms with Crippen molar-refractivity contribution in [3.05, 3.63) is 108 Å². The maximum atomic E-state index is 13.1. The highest BCUT2D eigenvalue weighted by Gasteiger charge is 2.24. The predicted molar refractivity (Wildman–Crippen MR) is 122 cm³/mol. The fourth-order valence-corrected chi connectivity index (χ4v) is 4.32. The molecule has 1 aromatic heterocycles. The molecule has 1 heterocycles. The molecule has 150 valence electrons. The molecule has 30 heavy (non-hydrogen) atoms. The van der Waals surface area contributed by atoms with E-state index in [9.17, 15) is 4.79 Å². The van der Waals surface area contributed by atoms with Crippen molar-refractivity contribution in [2.24, 2.45) is 0 Å². The van der Waals surface area contributed by atoms with E-state index in [1.54, 1.807) is 0 Å². The number of thioether (sulfide) groups is 1. The van der Waals surface area contributed by atoms with Crippen LogP contribution in [0.15, 0.2) is 96.2 Å². The van der Waals surface area contributed by atoms with Crippen molar-refractivity contribution >= 4 is 17.7 Å². The lowest BCUT2D eigenvalue weighted by Crippen LogP contribution is -2.27. The standard InChI is InChI=1S/C25H23N3OS/c1-18-22(20-13-7-3-8-14-20)28-25(27-18)30-23(21-15-9-4-10-16-21)24(29)26-17-19-11-5-2-6-12-19/h2-16,23H,17H2,1H3,(H,26,29)(H,27,28)/t23-/m0/s1. The van der Waals surface area contributed by atoms with Crippen molar-refractivity contribution in [1.82, 2.24) is 15.3 Å². The van der Waals surface area contributed by atoms with Crippen LogP contribution in [0.4, 0.5) is 0 Å². The third kappa shape index (κ3) is 4.81. The maximum absolute atomic E-state index is 13.1. The first-order chi connectivity index (χ1) is 14.7. The normalized spacial score (nSPS) is 11.8. The summed E-state index contributed by atoms with van der Waals surface area (Å²) in [6.45, 7) is 2.50. The van der Waals surface area contributed by atoms with Crippen LogP contribution in [0.2, 0.25) is 0 Å². The first-order valence-corrected chi connectivity index (χ1v) is 10.7. The van der Waals surface area contributed by atoms with E-state index in [1.807, 2.05) is 97.9 Å². The Bertz CT molecular complexity index is 1100. The number of benzene rings is 3. The Morgan fingerprint density at radius 2 is 1.53 bits per heavy atom. The van der Waals surface area contributed by atoms with Crippen molar-refractivity contribution in [3.8, 4) is 11.3 Å². The first kappa shape index (κ1) is 20.0. The van der Waals surface area contributed by atoms with E-state index >= 15 is 0 Å². The van der Waals surface area contributed by atoms with Gasteiger partial charge in [0.1, 0.15) is 5.25 Å².